The predicted molar refractivity (Wildman–Crippen MR) is 136 cm³/mol. The molecule has 166 valence electrons. The van der Waals surface area contributed by atoms with E-state index in [-0.39, 0.29) is 5.97 Å². The van der Waals surface area contributed by atoms with Gasteiger partial charge in [0, 0.05) is 21.1 Å². The number of rotatable bonds is 7. The molecule has 6 heteroatoms. The maximum atomic E-state index is 12.0. The Morgan fingerprint density at radius 3 is 2.73 bits per heavy atom. The van der Waals surface area contributed by atoms with Crippen molar-refractivity contribution < 1.29 is 14.6 Å². The average molecular weight is 476 g/mol. The summed E-state index contributed by atoms with van der Waals surface area (Å²) in [6, 6.07) is 24.6. The molecular formula is C27H22ClNO3S. The van der Waals surface area contributed by atoms with Gasteiger partial charge in [-0.05, 0) is 53.6 Å². The monoisotopic (exact) mass is 475 g/mol. The fourth-order valence-electron chi connectivity index (χ4n) is 3.39. The predicted octanol–water partition coefficient (Wildman–Crippen LogP) is 6.67. The Kier molecular flexibility index (Phi) is 7.45. The molecule has 0 saturated carbocycles. The Morgan fingerprint density at radius 1 is 1.06 bits per heavy atom. The first-order valence-corrected chi connectivity index (χ1v) is 11.7. The van der Waals surface area contributed by atoms with Crippen LogP contribution in [0.4, 0.5) is 0 Å². The van der Waals surface area contributed by atoms with Crippen LogP contribution in [0.3, 0.4) is 0 Å². The average Bonchev–Trinajstić information content (AvgIpc) is 2.85. The second kappa shape index (κ2) is 10.7. The van der Waals surface area contributed by atoms with Crippen molar-refractivity contribution in [1.82, 2.24) is 4.98 Å². The third-order valence-corrected chi connectivity index (χ3v) is 6.49. The second-order valence-electron chi connectivity index (χ2n) is 7.39. The summed E-state index contributed by atoms with van der Waals surface area (Å²) in [5, 5.41) is 12.4. The topological polar surface area (TPSA) is 59.4 Å². The van der Waals surface area contributed by atoms with Crippen molar-refractivity contribution in [3.63, 3.8) is 0 Å². The number of aliphatic hydroxyl groups is 1. The zero-order valence-electron chi connectivity index (χ0n) is 17.9. The van der Waals surface area contributed by atoms with Gasteiger partial charge in [-0.25, -0.2) is 9.78 Å². The van der Waals surface area contributed by atoms with Gasteiger partial charge >= 0.3 is 5.97 Å². The Bertz CT molecular complexity index is 1320. The molecule has 4 nitrogen and oxygen atoms in total. The van der Waals surface area contributed by atoms with Crippen LogP contribution >= 0.6 is 23.4 Å². The molecule has 0 bridgehead atoms. The van der Waals surface area contributed by atoms with Crippen LogP contribution in [0, 0.1) is 0 Å². The molecular weight excluding hydrogens is 454 g/mol. The number of hydrogen-bond acceptors (Lipinski definition) is 5. The molecule has 1 N–H and O–H groups in total. The van der Waals surface area contributed by atoms with E-state index < -0.39 is 6.10 Å². The van der Waals surface area contributed by atoms with Crippen molar-refractivity contribution in [2.75, 3.05) is 12.9 Å². The summed E-state index contributed by atoms with van der Waals surface area (Å²) < 4.78 is 4.84. The quantitative estimate of drug-likeness (QED) is 0.239. The van der Waals surface area contributed by atoms with Crippen molar-refractivity contribution in [3.8, 4) is 0 Å². The zero-order valence-corrected chi connectivity index (χ0v) is 19.5. The van der Waals surface area contributed by atoms with E-state index in [4.69, 9.17) is 16.3 Å². The highest BCUT2D eigenvalue weighted by atomic mass is 35.5. The van der Waals surface area contributed by atoms with Gasteiger partial charge in [-0.15, -0.1) is 11.8 Å². The van der Waals surface area contributed by atoms with Gasteiger partial charge in [0.25, 0.3) is 0 Å². The summed E-state index contributed by atoms with van der Waals surface area (Å²) in [7, 11) is 1.36. The Morgan fingerprint density at radius 2 is 1.88 bits per heavy atom. The third-order valence-electron chi connectivity index (χ3n) is 5.11. The van der Waals surface area contributed by atoms with Gasteiger partial charge < -0.3 is 9.84 Å². The summed E-state index contributed by atoms with van der Waals surface area (Å²) in [4.78, 5) is 17.4. The van der Waals surface area contributed by atoms with Crippen LogP contribution in [0.15, 0.2) is 83.8 Å². The summed E-state index contributed by atoms with van der Waals surface area (Å²) in [5.74, 6) is 0.0260. The number of methoxy groups -OCH3 is 1. The number of benzene rings is 3. The lowest BCUT2D eigenvalue weighted by Crippen LogP contribution is -2.05. The summed E-state index contributed by atoms with van der Waals surface area (Å²) in [6.07, 6.45) is 3.22. The molecule has 1 aromatic heterocycles. The summed E-state index contributed by atoms with van der Waals surface area (Å²) >= 11 is 7.50. The van der Waals surface area contributed by atoms with Crippen LogP contribution < -0.4 is 0 Å². The number of esters is 1. The van der Waals surface area contributed by atoms with Crippen LogP contribution in [-0.4, -0.2) is 28.9 Å². The highest BCUT2D eigenvalue weighted by Gasteiger charge is 2.14. The lowest BCUT2D eigenvalue weighted by atomic mass is 10.1. The first-order chi connectivity index (χ1) is 16.0. The number of aliphatic hydroxyl groups excluding tert-OH is 1. The van der Waals surface area contributed by atoms with E-state index in [1.54, 1.807) is 12.1 Å². The molecule has 3 aromatic carbocycles. The van der Waals surface area contributed by atoms with E-state index >= 15 is 0 Å². The first-order valence-electron chi connectivity index (χ1n) is 10.4. The van der Waals surface area contributed by atoms with E-state index in [0.29, 0.717) is 16.3 Å². The van der Waals surface area contributed by atoms with Crippen molar-refractivity contribution >= 4 is 52.4 Å². The number of thioether (sulfide) groups is 1. The number of pyridine rings is 1. The number of nitrogens with zero attached hydrogens (tertiary/aromatic N) is 1. The lowest BCUT2D eigenvalue weighted by molar-refractivity contribution is 0.0596. The first kappa shape index (κ1) is 23.1. The van der Waals surface area contributed by atoms with Crippen molar-refractivity contribution in [1.29, 1.82) is 0 Å². The minimum Gasteiger partial charge on any atom is -0.465 e. The van der Waals surface area contributed by atoms with Crippen LogP contribution in [0.1, 0.15) is 33.3 Å². The van der Waals surface area contributed by atoms with Gasteiger partial charge in [-0.1, -0.05) is 60.1 Å². The molecule has 0 saturated heterocycles. The zero-order chi connectivity index (χ0) is 23.2. The SMILES string of the molecule is COC(=O)c1ccccc1SCC(O)c1cccc(/C=C/c2ccc3ccc(Cl)cc3n2)c1. The highest BCUT2D eigenvalue weighted by Crippen LogP contribution is 2.28. The summed E-state index contributed by atoms with van der Waals surface area (Å²) in [5.41, 5.74) is 3.93. The normalized spacial score (nSPS) is 12.2. The number of halogens is 1. The van der Waals surface area contributed by atoms with Gasteiger partial charge in [0.05, 0.1) is 30.0 Å². The molecule has 33 heavy (non-hydrogen) atoms. The number of fused-ring (bicyclic) bond motifs is 1. The van der Waals surface area contributed by atoms with Gasteiger partial charge in [-0.3, -0.25) is 0 Å². The van der Waals surface area contributed by atoms with E-state index in [1.807, 2.05) is 78.9 Å². The number of aromatic nitrogens is 1. The molecule has 1 heterocycles. The molecule has 4 rings (SSSR count). The largest absolute Gasteiger partial charge is 0.465 e. The highest BCUT2D eigenvalue weighted by molar-refractivity contribution is 7.99. The number of carbonyl (C=O) groups excluding carboxylic acids is 1. The molecule has 0 fully saturated rings. The smallest absolute Gasteiger partial charge is 0.338 e. The van der Waals surface area contributed by atoms with Gasteiger partial charge in [-0.2, -0.15) is 0 Å². The number of carbonyl (C=O) groups is 1. The van der Waals surface area contributed by atoms with Crippen molar-refractivity contribution in [3.05, 3.63) is 106 Å². The molecule has 0 radical (unpaired) electrons. The van der Waals surface area contributed by atoms with Gasteiger partial charge in [0.15, 0.2) is 0 Å². The van der Waals surface area contributed by atoms with E-state index in [2.05, 4.69) is 4.98 Å². The van der Waals surface area contributed by atoms with Gasteiger partial charge in [0.2, 0.25) is 0 Å². The maximum Gasteiger partial charge on any atom is 0.338 e. The van der Waals surface area contributed by atoms with E-state index in [0.717, 1.165) is 32.6 Å². The fraction of sp³-hybridized carbons (Fsp3) is 0.111. The van der Waals surface area contributed by atoms with Crippen LogP contribution in [-0.2, 0) is 4.74 Å². The lowest BCUT2D eigenvalue weighted by Gasteiger charge is -2.13. The Hall–Kier alpha value is -3.12. The Balaban J connectivity index is 1.46. The van der Waals surface area contributed by atoms with E-state index in [1.165, 1.54) is 18.9 Å². The third kappa shape index (κ3) is 5.82. The van der Waals surface area contributed by atoms with Crippen molar-refractivity contribution in [2.24, 2.45) is 0 Å². The number of hydrogen-bond donors (Lipinski definition) is 1. The van der Waals surface area contributed by atoms with Crippen LogP contribution in [0.2, 0.25) is 5.02 Å². The van der Waals surface area contributed by atoms with E-state index in [9.17, 15) is 9.90 Å². The minimum atomic E-state index is -0.685. The van der Waals surface area contributed by atoms with Gasteiger partial charge in [0.1, 0.15) is 0 Å². The summed E-state index contributed by atoms with van der Waals surface area (Å²) in [6.45, 7) is 0. The molecule has 0 aliphatic rings. The molecule has 0 aliphatic heterocycles. The second-order valence-corrected chi connectivity index (χ2v) is 8.89. The molecule has 1 unspecified atom stereocenters. The molecule has 0 amide bonds. The van der Waals surface area contributed by atoms with Crippen LogP contribution in [0.25, 0.3) is 23.1 Å². The number of ether oxygens (including phenoxy) is 1. The standard InChI is InChI=1S/C27H22ClNO3S/c1-32-27(31)23-7-2-3-8-26(23)33-17-25(30)20-6-4-5-18(15-20)9-13-22-14-11-19-10-12-21(28)16-24(19)29-22/h2-16,25,30H,17H2,1H3/b13-9+. The van der Waals surface area contributed by atoms with Crippen molar-refractivity contribution in [2.45, 2.75) is 11.0 Å². The van der Waals surface area contributed by atoms with Crippen LogP contribution in [0.5, 0.6) is 0 Å². The molecule has 0 aliphatic carbocycles. The minimum absolute atomic E-state index is 0.385. The molecule has 4 aromatic rings. The molecule has 0 spiro atoms. The fourth-order valence-corrected chi connectivity index (χ4v) is 4.56. The maximum absolute atomic E-state index is 12.0. The molecule has 1 atom stereocenters. The Labute approximate surface area is 201 Å².